The lowest BCUT2D eigenvalue weighted by atomic mass is 10.4. The molecule has 0 atom stereocenters. The Morgan fingerprint density at radius 2 is 2.50 bits per heavy atom. The molecular weight excluding hydrogens is 152 g/mol. The Balaban J connectivity index is 3.03. The van der Waals surface area contributed by atoms with Crippen LogP contribution < -0.4 is 0 Å². The minimum absolute atomic E-state index is 0.465. The average Bonchev–Trinajstić information content (AvgIpc) is 1.94. The molecule has 1 aromatic rings. The van der Waals surface area contributed by atoms with E-state index >= 15 is 0 Å². The summed E-state index contributed by atoms with van der Waals surface area (Å²) in [5.74, 6) is 0. The summed E-state index contributed by atoms with van der Waals surface area (Å²) >= 11 is 5.64. The fourth-order valence-corrected chi connectivity index (χ4v) is 0.718. The van der Waals surface area contributed by atoms with Crippen molar-refractivity contribution in [2.45, 2.75) is 0 Å². The van der Waals surface area contributed by atoms with E-state index in [1.54, 1.807) is 18.3 Å². The van der Waals surface area contributed by atoms with Crippen LogP contribution in [0.1, 0.15) is 5.69 Å². The lowest BCUT2D eigenvalue weighted by molar-refractivity contribution is 0.321. The third-order valence-electron chi connectivity index (χ3n) is 0.967. The Labute approximate surface area is 63.0 Å². The van der Waals surface area contributed by atoms with E-state index in [1.807, 2.05) is 0 Å². The predicted molar refractivity (Wildman–Crippen MR) is 38.6 cm³/mol. The van der Waals surface area contributed by atoms with Crippen LogP contribution in [-0.2, 0) is 0 Å². The first-order chi connectivity index (χ1) is 4.84. The van der Waals surface area contributed by atoms with Crippen molar-refractivity contribution in [1.29, 1.82) is 0 Å². The first kappa shape index (κ1) is 7.02. The molecule has 1 rings (SSSR count). The van der Waals surface area contributed by atoms with Gasteiger partial charge >= 0.3 is 0 Å². The molecule has 0 radical (unpaired) electrons. The van der Waals surface area contributed by atoms with E-state index < -0.39 is 0 Å². The van der Waals surface area contributed by atoms with E-state index in [9.17, 15) is 0 Å². The van der Waals surface area contributed by atoms with Crippen molar-refractivity contribution in [3.05, 3.63) is 29.0 Å². The first-order valence-electron chi connectivity index (χ1n) is 2.62. The van der Waals surface area contributed by atoms with Crippen LogP contribution in [0.2, 0.25) is 5.02 Å². The van der Waals surface area contributed by atoms with Gasteiger partial charge in [-0.2, -0.15) is 0 Å². The molecular formula is C6H5ClN2O. The molecule has 0 amide bonds. The molecule has 0 spiro atoms. The van der Waals surface area contributed by atoms with Crippen LogP contribution in [0.15, 0.2) is 23.5 Å². The highest BCUT2D eigenvalue weighted by molar-refractivity contribution is 6.32. The molecule has 0 bridgehead atoms. The molecule has 1 heterocycles. The third-order valence-corrected chi connectivity index (χ3v) is 1.29. The number of halogens is 1. The molecule has 1 N–H and O–H groups in total. The van der Waals surface area contributed by atoms with Crippen LogP contribution >= 0.6 is 11.6 Å². The van der Waals surface area contributed by atoms with Gasteiger partial charge in [-0.25, -0.2) is 0 Å². The highest BCUT2D eigenvalue weighted by Gasteiger charge is 1.94. The van der Waals surface area contributed by atoms with Gasteiger partial charge in [-0.3, -0.25) is 4.98 Å². The SMILES string of the molecule is O/N=C\c1ncccc1Cl. The lowest BCUT2D eigenvalue weighted by Crippen LogP contribution is -1.86. The van der Waals surface area contributed by atoms with Crippen molar-refractivity contribution in [1.82, 2.24) is 4.98 Å². The first-order valence-corrected chi connectivity index (χ1v) is 3.00. The second kappa shape index (κ2) is 3.17. The lowest BCUT2D eigenvalue weighted by Gasteiger charge is -1.91. The van der Waals surface area contributed by atoms with Crippen molar-refractivity contribution in [2.24, 2.45) is 5.16 Å². The van der Waals surface area contributed by atoms with Crippen molar-refractivity contribution in [3.8, 4) is 0 Å². The number of nitrogens with zero attached hydrogens (tertiary/aromatic N) is 2. The van der Waals surface area contributed by atoms with Crippen molar-refractivity contribution in [3.63, 3.8) is 0 Å². The molecule has 0 aliphatic heterocycles. The second-order valence-electron chi connectivity index (χ2n) is 1.62. The fourth-order valence-electron chi connectivity index (χ4n) is 0.548. The van der Waals surface area contributed by atoms with Crippen molar-refractivity contribution < 1.29 is 5.21 Å². The summed E-state index contributed by atoms with van der Waals surface area (Å²) in [5, 5.41) is 11.4. The zero-order valence-electron chi connectivity index (χ0n) is 5.03. The normalized spacial score (nSPS) is 10.5. The van der Waals surface area contributed by atoms with Gasteiger partial charge in [-0.1, -0.05) is 16.8 Å². The number of hydrogen-bond acceptors (Lipinski definition) is 3. The molecule has 0 saturated carbocycles. The number of rotatable bonds is 1. The maximum atomic E-state index is 8.11. The van der Waals surface area contributed by atoms with E-state index in [4.69, 9.17) is 16.8 Å². The molecule has 3 nitrogen and oxygen atoms in total. The Kier molecular flexibility index (Phi) is 2.23. The van der Waals surface area contributed by atoms with Gasteiger partial charge in [0.15, 0.2) is 0 Å². The molecule has 52 valence electrons. The van der Waals surface area contributed by atoms with Crippen LogP contribution in [0, 0.1) is 0 Å². The quantitative estimate of drug-likeness (QED) is 0.381. The number of oxime groups is 1. The number of hydrogen-bond donors (Lipinski definition) is 1. The van der Waals surface area contributed by atoms with Gasteiger partial charge in [0.1, 0.15) is 5.69 Å². The molecule has 0 unspecified atom stereocenters. The monoisotopic (exact) mass is 156 g/mol. The van der Waals surface area contributed by atoms with E-state index in [0.717, 1.165) is 0 Å². The molecule has 1 aromatic heterocycles. The van der Waals surface area contributed by atoms with Gasteiger partial charge in [0.05, 0.1) is 11.2 Å². The minimum Gasteiger partial charge on any atom is -0.411 e. The average molecular weight is 157 g/mol. The number of pyridine rings is 1. The molecule has 0 saturated heterocycles. The maximum absolute atomic E-state index is 8.11. The third kappa shape index (κ3) is 1.45. The summed E-state index contributed by atoms with van der Waals surface area (Å²) in [6.07, 6.45) is 2.76. The highest BCUT2D eigenvalue weighted by atomic mass is 35.5. The summed E-state index contributed by atoms with van der Waals surface area (Å²) in [6, 6.07) is 3.38. The molecule has 0 aliphatic rings. The Bertz CT molecular complexity index is 249. The largest absolute Gasteiger partial charge is 0.411 e. The minimum atomic E-state index is 0.465. The Morgan fingerprint density at radius 1 is 1.70 bits per heavy atom. The maximum Gasteiger partial charge on any atom is 0.103 e. The molecule has 10 heavy (non-hydrogen) atoms. The zero-order valence-corrected chi connectivity index (χ0v) is 5.78. The highest BCUT2D eigenvalue weighted by Crippen LogP contribution is 2.08. The van der Waals surface area contributed by atoms with Crippen molar-refractivity contribution >= 4 is 17.8 Å². The van der Waals surface area contributed by atoms with E-state index in [1.165, 1.54) is 6.21 Å². The topological polar surface area (TPSA) is 45.5 Å². The molecule has 0 aliphatic carbocycles. The van der Waals surface area contributed by atoms with E-state index in [0.29, 0.717) is 10.7 Å². The standard InChI is InChI=1S/C6H5ClN2O/c7-5-2-1-3-8-6(5)4-9-10/h1-4,10H/b9-4-. The van der Waals surface area contributed by atoms with Crippen LogP contribution in [0.25, 0.3) is 0 Å². The van der Waals surface area contributed by atoms with E-state index in [-0.39, 0.29) is 0 Å². The van der Waals surface area contributed by atoms with Gasteiger partial charge in [0.25, 0.3) is 0 Å². The smallest absolute Gasteiger partial charge is 0.103 e. The van der Waals surface area contributed by atoms with Crippen molar-refractivity contribution in [2.75, 3.05) is 0 Å². The van der Waals surface area contributed by atoms with Gasteiger partial charge in [-0.15, -0.1) is 0 Å². The van der Waals surface area contributed by atoms with Gasteiger partial charge in [0.2, 0.25) is 0 Å². The van der Waals surface area contributed by atoms with Crippen LogP contribution in [-0.4, -0.2) is 16.4 Å². The second-order valence-corrected chi connectivity index (χ2v) is 2.02. The Morgan fingerprint density at radius 3 is 3.10 bits per heavy atom. The molecule has 4 heteroatoms. The van der Waals surface area contributed by atoms with Gasteiger partial charge in [-0.05, 0) is 12.1 Å². The zero-order chi connectivity index (χ0) is 7.40. The predicted octanol–water partition coefficient (Wildman–Crippen LogP) is 1.54. The van der Waals surface area contributed by atoms with Crippen LogP contribution in [0.3, 0.4) is 0 Å². The summed E-state index contributed by atoms with van der Waals surface area (Å²) in [6.45, 7) is 0. The Hall–Kier alpha value is -1.09. The van der Waals surface area contributed by atoms with E-state index in [2.05, 4.69) is 10.1 Å². The summed E-state index contributed by atoms with van der Waals surface area (Å²) in [7, 11) is 0. The summed E-state index contributed by atoms with van der Waals surface area (Å²) in [4.78, 5) is 3.83. The summed E-state index contributed by atoms with van der Waals surface area (Å²) in [5.41, 5.74) is 0.465. The molecule has 0 fully saturated rings. The van der Waals surface area contributed by atoms with Gasteiger partial charge in [0, 0.05) is 6.20 Å². The van der Waals surface area contributed by atoms with Gasteiger partial charge < -0.3 is 5.21 Å². The fraction of sp³-hybridized carbons (Fsp3) is 0. The molecule has 0 aromatic carbocycles. The van der Waals surface area contributed by atoms with Crippen LogP contribution in [0.5, 0.6) is 0 Å². The number of aromatic nitrogens is 1. The van der Waals surface area contributed by atoms with Crippen LogP contribution in [0.4, 0.5) is 0 Å². The summed E-state index contributed by atoms with van der Waals surface area (Å²) < 4.78 is 0.